The largest absolute Gasteiger partial charge is 0.481 e. The number of aryl methyl sites for hydroxylation is 2. The van der Waals surface area contributed by atoms with E-state index in [9.17, 15) is 9.59 Å². The minimum absolute atomic E-state index is 0.0991. The van der Waals surface area contributed by atoms with E-state index in [0.29, 0.717) is 28.7 Å². The molecular formula is C12H14N4O4. The molecule has 2 aromatic heterocycles. The van der Waals surface area contributed by atoms with Crippen LogP contribution >= 0.6 is 0 Å². The van der Waals surface area contributed by atoms with Crippen molar-refractivity contribution in [3.05, 3.63) is 39.2 Å². The van der Waals surface area contributed by atoms with Crippen LogP contribution in [0.15, 0.2) is 9.32 Å². The molecule has 0 aliphatic rings. The monoisotopic (exact) mass is 278 g/mol. The molecule has 0 saturated carbocycles. The summed E-state index contributed by atoms with van der Waals surface area (Å²) in [6, 6.07) is 0. The van der Waals surface area contributed by atoms with E-state index in [1.807, 2.05) is 0 Å². The molecule has 8 nitrogen and oxygen atoms in total. The Hall–Kier alpha value is -2.51. The molecule has 0 radical (unpaired) electrons. The van der Waals surface area contributed by atoms with Gasteiger partial charge in [-0.25, -0.2) is 4.79 Å². The van der Waals surface area contributed by atoms with Crippen molar-refractivity contribution in [2.24, 2.45) is 0 Å². The molecule has 1 N–H and O–H groups in total. The number of hydrogen-bond acceptors (Lipinski definition) is 6. The predicted molar refractivity (Wildman–Crippen MR) is 67.4 cm³/mol. The highest BCUT2D eigenvalue weighted by atomic mass is 16.5. The molecule has 0 spiro atoms. The molecule has 0 amide bonds. The van der Waals surface area contributed by atoms with Gasteiger partial charge < -0.3 is 9.63 Å². The van der Waals surface area contributed by atoms with Crippen molar-refractivity contribution in [3.63, 3.8) is 0 Å². The van der Waals surface area contributed by atoms with Crippen LogP contribution in [0, 0.1) is 20.8 Å². The zero-order chi connectivity index (χ0) is 14.9. The molecule has 8 heteroatoms. The summed E-state index contributed by atoms with van der Waals surface area (Å²) in [6.45, 7) is 5.05. The van der Waals surface area contributed by atoms with Gasteiger partial charge in [0.1, 0.15) is 0 Å². The zero-order valence-corrected chi connectivity index (χ0v) is 11.4. The van der Waals surface area contributed by atoms with E-state index in [4.69, 9.17) is 9.63 Å². The van der Waals surface area contributed by atoms with Crippen molar-refractivity contribution >= 4 is 5.97 Å². The second-order valence-electron chi connectivity index (χ2n) is 4.43. The summed E-state index contributed by atoms with van der Waals surface area (Å²) in [5, 5.41) is 12.6. The zero-order valence-electron chi connectivity index (χ0n) is 11.4. The lowest BCUT2D eigenvalue weighted by Gasteiger charge is -2.12. The first-order valence-electron chi connectivity index (χ1n) is 5.96. The number of nitrogens with zero attached hydrogens (tertiary/aromatic N) is 4. The van der Waals surface area contributed by atoms with Crippen molar-refractivity contribution in [1.29, 1.82) is 0 Å². The molecule has 2 aromatic rings. The molecule has 0 aliphatic carbocycles. The van der Waals surface area contributed by atoms with Gasteiger partial charge in [0.05, 0.1) is 13.0 Å². The minimum Gasteiger partial charge on any atom is -0.481 e. The second-order valence-corrected chi connectivity index (χ2v) is 4.43. The van der Waals surface area contributed by atoms with E-state index in [2.05, 4.69) is 15.1 Å². The Kier molecular flexibility index (Phi) is 3.64. The van der Waals surface area contributed by atoms with Crippen LogP contribution in [-0.2, 0) is 17.8 Å². The summed E-state index contributed by atoms with van der Waals surface area (Å²) in [5.41, 5.74) is 1.04. The molecule has 0 saturated heterocycles. The van der Waals surface area contributed by atoms with Crippen LogP contribution in [-0.4, -0.2) is 30.8 Å². The molecule has 0 unspecified atom stereocenters. The predicted octanol–water partition coefficient (Wildman–Crippen LogP) is 0.227. The Morgan fingerprint density at radius 1 is 1.30 bits per heavy atom. The van der Waals surface area contributed by atoms with Crippen LogP contribution in [0.1, 0.15) is 28.7 Å². The van der Waals surface area contributed by atoms with E-state index in [1.165, 1.54) is 4.57 Å². The number of aromatic nitrogens is 4. The smallest absolute Gasteiger partial charge is 0.348 e. The number of carbonyl (C=O) groups is 1. The fraction of sp³-hybridized carbons (Fsp3) is 0.417. The summed E-state index contributed by atoms with van der Waals surface area (Å²) in [6.07, 6.45) is -0.184. The first-order valence-corrected chi connectivity index (χ1v) is 5.96. The average Bonchev–Trinajstić information content (AvgIpc) is 2.75. The Morgan fingerprint density at radius 3 is 2.55 bits per heavy atom. The van der Waals surface area contributed by atoms with Crippen molar-refractivity contribution in [1.82, 2.24) is 19.7 Å². The van der Waals surface area contributed by atoms with E-state index >= 15 is 0 Å². The lowest BCUT2D eigenvalue weighted by Crippen LogP contribution is -2.29. The Balaban J connectivity index is 2.47. The minimum atomic E-state index is -0.974. The first-order chi connectivity index (χ1) is 9.38. The van der Waals surface area contributed by atoms with Crippen molar-refractivity contribution < 1.29 is 14.4 Å². The van der Waals surface area contributed by atoms with Crippen LogP contribution in [0.2, 0.25) is 0 Å². The summed E-state index contributed by atoms with van der Waals surface area (Å²) < 4.78 is 6.19. The lowest BCUT2D eigenvalue weighted by atomic mass is 10.1. The third kappa shape index (κ3) is 2.73. The van der Waals surface area contributed by atoms with Gasteiger partial charge >= 0.3 is 11.7 Å². The van der Waals surface area contributed by atoms with Crippen LogP contribution in [0.25, 0.3) is 0 Å². The molecule has 0 bridgehead atoms. The quantitative estimate of drug-likeness (QED) is 0.851. The summed E-state index contributed by atoms with van der Waals surface area (Å²) in [5.74, 6) is -0.227. The maximum Gasteiger partial charge on any atom is 0.348 e. The third-order valence-corrected chi connectivity index (χ3v) is 2.97. The lowest BCUT2D eigenvalue weighted by molar-refractivity contribution is -0.136. The highest BCUT2D eigenvalue weighted by molar-refractivity contribution is 5.70. The molecule has 0 atom stereocenters. The van der Waals surface area contributed by atoms with E-state index in [1.54, 1.807) is 20.8 Å². The number of hydrogen-bond donors (Lipinski definition) is 1. The number of carboxylic acids is 1. The molecule has 0 aromatic carbocycles. The molecule has 20 heavy (non-hydrogen) atoms. The highest BCUT2D eigenvalue weighted by Gasteiger charge is 2.15. The van der Waals surface area contributed by atoms with E-state index < -0.39 is 11.7 Å². The van der Waals surface area contributed by atoms with Gasteiger partial charge in [0.25, 0.3) is 0 Å². The van der Waals surface area contributed by atoms with Crippen LogP contribution in [0.4, 0.5) is 0 Å². The van der Waals surface area contributed by atoms with Gasteiger partial charge in [-0.2, -0.15) is 9.97 Å². The van der Waals surface area contributed by atoms with Crippen LogP contribution in [0.3, 0.4) is 0 Å². The van der Waals surface area contributed by atoms with Gasteiger partial charge in [0, 0.05) is 23.9 Å². The van der Waals surface area contributed by atoms with E-state index in [0.717, 1.165) is 0 Å². The Morgan fingerprint density at radius 2 is 2.00 bits per heavy atom. The Bertz CT molecular complexity index is 717. The molecular weight excluding hydrogens is 264 g/mol. The van der Waals surface area contributed by atoms with E-state index in [-0.39, 0.29) is 13.0 Å². The van der Waals surface area contributed by atoms with Gasteiger partial charge in [-0.1, -0.05) is 5.16 Å². The molecule has 106 valence electrons. The van der Waals surface area contributed by atoms with Crippen molar-refractivity contribution in [2.45, 2.75) is 33.7 Å². The fourth-order valence-corrected chi connectivity index (χ4v) is 1.98. The van der Waals surface area contributed by atoms with Gasteiger partial charge in [0.2, 0.25) is 5.89 Å². The topological polar surface area (TPSA) is 111 Å². The molecule has 0 aliphatic heterocycles. The third-order valence-electron chi connectivity index (χ3n) is 2.97. The SMILES string of the molecule is Cc1nc(Cn2c(C)c(CC(=O)O)c(C)nc2=O)no1. The molecule has 2 heterocycles. The van der Waals surface area contributed by atoms with Gasteiger partial charge in [-0.15, -0.1) is 0 Å². The number of aliphatic carboxylic acids is 1. The summed E-state index contributed by atoms with van der Waals surface area (Å²) in [7, 11) is 0. The summed E-state index contributed by atoms with van der Waals surface area (Å²) in [4.78, 5) is 30.7. The Labute approximate surface area is 114 Å². The average molecular weight is 278 g/mol. The maximum atomic E-state index is 11.9. The number of rotatable bonds is 4. The highest BCUT2D eigenvalue weighted by Crippen LogP contribution is 2.11. The molecule has 0 fully saturated rings. The first kappa shape index (κ1) is 13.9. The summed E-state index contributed by atoms with van der Waals surface area (Å²) >= 11 is 0. The van der Waals surface area contributed by atoms with Crippen LogP contribution < -0.4 is 5.69 Å². The molecule has 2 rings (SSSR count). The van der Waals surface area contributed by atoms with Gasteiger partial charge in [-0.05, 0) is 13.8 Å². The second kappa shape index (κ2) is 5.24. The van der Waals surface area contributed by atoms with Crippen LogP contribution in [0.5, 0.6) is 0 Å². The van der Waals surface area contributed by atoms with Gasteiger partial charge in [-0.3, -0.25) is 9.36 Å². The normalized spacial score (nSPS) is 10.8. The van der Waals surface area contributed by atoms with Crippen molar-refractivity contribution in [2.75, 3.05) is 0 Å². The fourth-order valence-electron chi connectivity index (χ4n) is 1.98. The standard InChI is InChI=1S/C12H14N4O4/c1-6-9(4-11(17)18)7(2)16(12(19)13-6)5-10-14-8(3)20-15-10/h4-5H2,1-3H3,(H,17,18). The number of carboxylic acid groups (broad SMARTS) is 1. The maximum absolute atomic E-state index is 11.9. The van der Waals surface area contributed by atoms with Gasteiger partial charge in [0.15, 0.2) is 5.82 Å². The van der Waals surface area contributed by atoms with Crippen molar-refractivity contribution in [3.8, 4) is 0 Å².